The Labute approximate surface area is 123 Å². The topological polar surface area (TPSA) is 55.4 Å². The lowest BCUT2D eigenvalue weighted by Crippen LogP contribution is -2.42. The third-order valence-corrected chi connectivity index (χ3v) is 4.71. The standard InChI is InChI=1S/C15H21NO3S/c1-10-5-3-4-6-12(10)16-14(17)9-19-15(18)13-8-7-11(2)20-13/h7-8,10,12H,3-6,9H2,1-2H3,(H,16,17). The minimum atomic E-state index is -0.421. The summed E-state index contributed by atoms with van der Waals surface area (Å²) in [6, 6.07) is 3.81. The van der Waals surface area contributed by atoms with E-state index in [4.69, 9.17) is 4.74 Å². The molecular formula is C15H21NO3S. The van der Waals surface area contributed by atoms with Crippen LogP contribution in [0.2, 0.25) is 0 Å². The van der Waals surface area contributed by atoms with Crippen molar-refractivity contribution in [2.75, 3.05) is 6.61 Å². The van der Waals surface area contributed by atoms with Gasteiger partial charge in [0.2, 0.25) is 0 Å². The first-order valence-electron chi connectivity index (χ1n) is 7.09. The molecule has 1 aliphatic rings. The molecular weight excluding hydrogens is 274 g/mol. The number of amides is 1. The molecule has 0 aromatic carbocycles. The van der Waals surface area contributed by atoms with Crippen LogP contribution in [0, 0.1) is 12.8 Å². The molecule has 0 bridgehead atoms. The summed E-state index contributed by atoms with van der Waals surface area (Å²) < 4.78 is 5.04. The molecule has 2 rings (SSSR count). The molecule has 1 N–H and O–H groups in total. The number of hydrogen-bond acceptors (Lipinski definition) is 4. The van der Waals surface area contributed by atoms with Crippen molar-refractivity contribution in [2.45, 2.75) is 45.6 Å². The van der Waals surface area contributed by atoms with Crippen molar-refractivity contribution in [2.24, 2.45) is 5.92 Å². The Morgan fingerprint density at radius 1 is 1.35 bits per heavy atom. The van der Waals surface area contributed by atoms with Crippen LogP contribution in [0.25, 0.3) is 0 Å². The van der Waals surface area contributed by atoms with Crippen molar-refractivity contribution >= 4 is 23.2 Å². The lowest BCUT2D eigenvalue weighted by Gasteiger charge is -2.29. The third kappa shape index (κ3) is 4.07. The summed E-state index contributed by atoms with van der Waals surface area (Å²) >= 11 is 1.38. The predicted molar refractivity (Wildman–Crippen MR) is 78.9 cm³/mol. The molecule has 0 spiro atoms. The van der Waals surface area contributed by atoms with E-state index in [2.05, 4.69) is 12.2 Å². The van der Waals surface area contributed by atoms with Gasteiger partial charge < -0.3 is 10.1 Å². The Morgan fingerprint density at radius 3 is 2.75 bits per heavy atom. The Kier molecular flexibility index (Phi) is 5.17. The Morgan fingerprint density at radius 2 is 2.10 bits per heavy atom. The highest BCUT2D eigenvalue weighted by Gasteiger charge is 2.23. The second-order valence-electron chi connectivity index (χ2n) is 5.42. The van der Waals surface area contributed by atoms with Crippen molar-refractivity contribution in [3.8, 4) is 0 Å². The molecule has 1 amide bonds. The van der Waals surface area contributed by atoms with Gasteiger partial charge in [-0.05, 0) is 37.8 Å². The lowest BCUT2D eigenvalue weighted by atomic mass is 9.86. The molecule has 1 heterocycles. The van der Waals surface area contributed by atoms with Gasteiger partial charge in [-0.15, -0.1) is 11.3 Å². The second kappa shape index (κ2) is 6.88. The Hall–Kier alpha value is -1.36. The fraction of sp³-hybridized carbons (Fsp3) is 0.600. The number of aryl methyl sites for hydroxylation is 1. The van der Waals surface area contributed by atoms with E-state index in [-0.39, 0.29) is 18.6 Å². The SMILES string of the molecule is Cc1ccc(C(=O)OCC(=O)NC2CCCCC2C)s1. The number of nitrogens with one attached hydrogen (secondary N) is 1. The first-order valence-corrected chi connectivity index (χ1v) is 7.91. The number of rotatable bonds is 4. The number of hydrogen-bond donors (Lipinski definition) is 1. The molecule has 2 atom stereocenters. The Bertz CT molecular complexity index is 483. The fourth-order valence-electron chi connectivity index (χ4n) is 2.53. The second-order valence-corrected chi connectivity index (χ2v) is 6.71. The summed E-state index contributed by atoms with van der Waals surface area (Å²) in [6.45, 7) is 3.89. The molecule has 0 saturated heterocycles. The number of ether oxygens (including phenoxy) is 1. The van der Waals surface area contributed by atoms with Crippen molar-refractivity contribution in [1.82, 2.24) is 5.32 Å². The molecule has 0 radical (unpaired) electrons. The van der Waals surface area contributed by atoms with Gasteiger partial charge in [0.1, 0.15) is 4.88 Å². The molecule has 5 heteroatoms. The van der Waals surface area contributed by atoms with Gasteiger partial charge in [-0.25, -0.2) is 4.79 Å². The van der Waals surface area contributed by atoms with Gasteiger partial charge in [-0.2, -0.15) is 0 Å². The number of thiophene rings is 1. The van der Waals surface area contributed by atoms with Crippen LogP contribution >= 0.6 is 11.3 Å². The smallest absolute Gasteiger partial charge is 0.348 e. The maximum Gasteiger partial charge on any atom is 0.348 e. The van der Waals surface area contributed by atoms with Crippen LogP contribution in [-0.4, -0.2) is 24.5 Å². The Balaban J connectivity index is 1.76. The number of carbonyl (C=O) groups excluding carboxylic acids is 2. The zero-order valence-corrected chi connectivity index (χ0v) is 12.8. The summed E-state index contributed by atoms with van der Waals surface area (Å²) in [5, 5.41) is 2.97. The maximum atomic E-state index is 11.8. The molecule has 1 aromatic rings. The molecule has 1 saturated carbocycles. The van der Waals surface area contributed by atoms with E-state index in [0.717, 1.165) is 24.1 Å². The van der Waals surface area contributed by atoms with E-state index in [9.17, 15) is 9.59 Å². The quantitative estimate of drug-likeness (QED) is 0.869. The summed E-state index contributed by atoms with van der Waals surface area (Å²) in [4.78, 5) is 25.1. The monoisotopic (exact) mass is 295 g/mol. The van der Waals surface area contributed by atoms with Gasteiger partial charge in [0.15, 0.2) is 6.61 Å². The van der Waals surface area contributed by atoms with Crippen LogP contribution in [0.3, 0.4) is 0 Å². The zero-order valence-electron chi connectivity index (χ0n) is 12.0. The highest BCUT2D eigenvalue weighted by molar-refractivity contribution is 7.13. The van der Waals surface area contributed by atoms with E-state index >= 15 is 0 Å². The summed E-state index contributed by atoms with van der Waals surface area (Å²) in [5.41, 5.74) is 0. The molecule has 1 aromatic heterocycles. The van der Waals surface area contributed by atoms with Crippen LogP contribution in [0.5, 0.6) is 0 Å². The van der Waals surface area contributed by atoms with E-state index in [0.29, 0.717) is 10.8 Å². The normalized spacial score (nSPS) is 22.3. The summed E-state index contributed by atoms with van der Waals surface area (Å²) in [7, 11) is 0. The van der Waals surface area contributed by atoms with Crippen LogP contribution < -0.4 is 5.32 Å². The average Bonchev–Trinajstić information content (AvgIpc) is 2.85. The molecule has 4 nitrogen and oxygen atoms in total. The number of esters is 1. The van der Waals surface area contributed by atoms with E-state index in [1.54, 1.807) is 6.07 Å². The van der Waals surface area contributed by atoms with Crippen molar-refractivity contribution in [3.05, 3.63) is 21.9 Å². The predicted octanol–water partition coefficient (Wildman–Crippen LogP) is 2.91. The largest absolute Gasteiger partial charge is 0.451 e. The van der Waals surface area contributed by atoms with Crippen LogP contribution in [0.15, 0.2) is 12.1 Å². The van der Waals surface area contributed by atoms with Gasteiger partial charge in [0, 0.05) is 10.9 Å². The number of carbonyl (C=O) groups is 2. The van der Waals surface area contributed by atoms with E-state index < -0.39 is 5.97 Å². The summed E-state index contributed by atoms with van der Waals surface area (Å²) in [6.07, 6.45) is 4.56. The first-order chi connectivity index (χ1) is 9.56. The molecule has 110 valence electrons. The average molecular weight is 295 g/mol. The summed E-state index contributed by atoms with van der Waals surface area (Å²) in [5.74, 6) is -0.122. The van der Waals surface area contributed by atoms with Crippen molar-refractivity contribution < 1.29 is 14.3 Å². The van der Waals surface area contributed by atoms with Crippen molar-refractivity contribution in [1.29, 1.82) is 0 Å². The lowest BCUT2D eigenvalue weighted by molar-refractivity contribution is -0.125. The van der Waals surface area contributed by atoms with Crippen LogP contribution in [0.1, 0.15) is 47.2 Å². The molecule has 0 aliphatic heterocycles. The van der Waals surface area contributed by atoms with Crippen LogP contribution in [0.4, 0.5) is 0 Å². The third-order valence-electron chi connectivity index (χ3n) is 3.73. The molecule has 1 aliphatic carbocycles. The van der Waals surface area contributed by atoms with Gasteiger partial charge in [0.05, 0.1) is 0 Å². The minimum Gasteiger partial charge on any atom is -0.451 e. The highest BCUT2D eigenvalue weighted by Crippen LogP contribution is 2.23. The van der Waals surface area contributed by atoms with Gasteiger partial charge in [0.25, 0.3) is 5.91 Å². The van der Waals surface area contributed by atoms with E-state index in [1.165, 1.54) is 17.8 Å². The van der Waals surface area contributed by atoms with Gasteiger partial charge in [-0.1, -0.05) is 19.8 Å². The van der Waals surface area contributed by atoms with Gasteiger partial charge in [-0.3, -0.25) is 4.79 Å². The zero-order chi connectivity index (χ0) is 14.5. The van der Waals surface area contributed by atoms with E-state index in [1.807, 2.05) is 13.0 Å². The highest BCUT2D eigenvalue weighted by atomic mass is 32.1. The molecule has 2 unspecified atom stereocenters. The first kappa shape index (κ1) is 15.0. The fourth-order valence-corrected chi connectivity index (χ4v) is 3.29. The van der Waals surface area contributed by atoms with Crippen molar-refractivity contribution in [3.63, 3.8) is 0 Å². The molecule has 20 heavy (non-hydrogen) atoms. The minimum absolute atomic E-state index is 0.195. The molecule has 1 fully saturated rings. The van der Waals surface area contributed by atoms with Crippen LogP contribution in [-0.2, 0) is 9.53 Å². The maximum absolute atomic E-state index is 11.8. The van der Waals surface area contributed by atoms with Gasteiger partial charge >= 0.3 is 5.97 Å².